The first-order chi connectivity index (χ1) is 10.2. The van der Waals surface area contributed by atoms with E-state index in [0.717, 1.165) is 19.0 Å². The lowest BCUT2D eigenvalue weighted by Gasteiger charge is -2.44. The monoisotopic (exact) mass is 294 g/mol. The van der Waals surface area contributed by atoms with Gasteiger partial charge in [0.15, 0.2) is 5.96 Å². The molecule has 2 fully saturated rings. The standard InChI is InChI=1S/C16H30N4O/c1-17-14(21)12-19-15(18-2)20-11-7-10-16(13-20)8-5-3-4-6-9-16/h3-13H2,1-2H3,(H,17,21)(H,18,19). The van der Waals surface area contributed by atoms with Crippen molar-refractivity contribution < 1.29 is 4.79 Å². The second kappa shape index (κ2) is 7.66. The summed E-state index contributed by atoms with van der Waals surface area (Å²) in [4.78, 5) is 18.1. The third-order valence-corrected chi connectivity index (χ3v) is 5.02. The molecule has 21 heavy (non-hydrogen) atoms. The van der Waals surface area contributed by atoms with E-state index in [1.807, 2.05) is 0 Å². The number of nitrogens with one attached hydrogen (secondary N) is 2. The van der Waals surface area contributed by atoms with E-state index in [1.54, 1.807) is 14.1 Å². The molecule has 0 atom stereocenters. The Kier molecular flexibility index (Phi) is 5.88. The summed E-state index contributed by atoms with van der Waals surface area (Å²) in [5.74, 6) is 0.874. The van der Waals surface area contributed by atoms with Gasteiger partial charge in [0, 0.05) is 27.2 Å². The van der Waals surface area contributed by atoms with Crippen LogP contribution >= 0.6 is 0 Å². The fourth-order valence-electron chi connectivity index (χ4n) is 3.86. The van der Waals surface area contributed by atoms with Crippen molar-refractivity contribution in [3.8, 4) is 0 Å². The second-order valence-corrected chi connectivity index (χ2v) is 6.51. The van der Waals surface area contributed by atoms with E-state index in [9.17, 15) is 4.79 Å². The zero-order valence-electron chi connectivity index (χ0n) is 13.6. The van der Waals surface area contributed by atoms with Gasteiger partial charge in [0.05, 0.1) is 6.54 Å². The Bertz CT molecular complexity index is 372. The molecular weight excluding hydrogens is 264 g/mol. The fraction of sp³-hybridized carbons (Fsp3) is 0.875. The van der Waals surface area contributed by atoms with Gasteiger partial charge in [0.25, 0.3) is 0 Å². The summed E-state index contributed by atoms with van der Waals surface area (Å²) in [6, 6.07) is 0. The molecule has 0 aromatic carbocycles. The van der Waals surface area contributed by atoms with Crippen molar-refractivity contribution >= 4 is 11.9 Å². The van der Waals surface area contributed by atoms with Gasteiger partial charge in [-0.2, -0.15) is 0 Å². The number of rotatable bonds is 2. The highest BCUT2D eigenvalue weighted by atomic mass is 16.1. The Morgan fingerprint density at radius 1 is 1.14 bits per heavy atom. The number of guanidine groups is 1. The Hall–Kier alpha value is -1.26. The van der Waals surface area contributed by atoms with Gasteiger partial charge in [0.2, 0.25) is 5.91 Å². The van der Waals surface area contributed by atoms with Crippen molar-refractivity contribution in [2.75, 3.05) is 33.7 Å². The molecule has 0 aromatic rings. The van der Waals surface area contributed by atoms with E-state index in [4.69, 9.17) is 0 Å². The molecule has 5 nitrogen and oxygen atoms in total. The van der Waals surface area contributed by atoms with Crippen LogP contribution in [-0.2, 0) is 4.79 Å². The quantitative estimate of drug-likeness (QED) is 0.602. The first-order valence-corrected chi connectivity index (χ1v) is 8.35. The molecule has 2 N–H and O–H groups in total. The van der Waals surface area contributed by atoms with Crippen LogP contribution in [0.4, 0.5) is 0 Å². The highest BCUT2D eigenvalue weighted by Gasteiger charge is 2.36. The third-order valence-electron chi connectivity index (χ3n) is 5.02. The number of piperidine rings is 1. The predicted molar refractivity (Wildman–Crippen MR) is 86.4 cm³/mol. The smallest absolute Gasteiger partial charge is 0.239 e. The number of hydrogen-bond donors (Lipinski definition) is 2. The minimum Gasteiger partial charge on any atom is -0.358 e. The molecule has 2 rings (SSSR count). The van der Waals surface area contributed by atoms with Gasteiger partial charge in [-0.25, -0.2) is 0 Å². The molecular formula is C16H30N4O. The molecule has 1 spiro atoms. The molecule has 5 heteroatoms. The number of aliphatic imine (C=N–C) groups is 1. The van der Waals surface area contributed by atoms with Gasteiger partial charge < -0.3 is 15.5 Å². The molecule has 0 aromatic heterocycles. The van der Waals surface area contributed by atoms with Crippen molar-refractivity contribution in [3.63, 3.8) is 0 Å². The molecule has 2 aliphatic rings. The van der Waals surface area contributed by atoms with E-state index in [2.05, 4.69) is 20.5 Å². The number of carbonyl (C=O) groups excluding carboxylic acids is 1. The largest absolute Gasteiger partial charge is 0.358 e. The average Bonchev–Trinajstić information content (AvgIpc) is 2.73. The van der Waals surface area contributed by atoms with Gasteiger partial charge in [-0.15, -0.1) is 0 Å². The maximum Gasteiger partial charge on any atom is 0.239 e. The summed E-state index contributed by atoms with van der Waals surface area (Å²) in [7, 11) is 3.47. The average molecular weight is 294 g/mol. The second-order valence-electron chi connectivity index (χ2n) is 6.51. The highest BCUT2D eigenvalue weighted by molar-refractivity contribution is 5.86. The van der Waals surface area contributed by atoms with Gasteiger partial charge in [-0.05, 0) is 31.1 Å². The van der Waals surface area contributed by atoms with Crippen molar-refractivity contribution in [2.45, 2.75) is 51.4 Å². The van der Waals surface area contributed by atoms with Crippen molar-refractivity contribution in [2.24, 2.45) is 10.4 Å². The Morgan fingerprint density at radius 3 is 2.43 bits per heavy atom. The van der Waals surface area contributed by atoms with Crippen LogP contribution in [0.15, 0.2) is 4.99 Å². The topological polar surface area (TPSA) is 56.7 Å². The molecule has 0 radical (unpaired) electrons. The number of likely N-dealkylation sites (N-methyl/N-ethyl adjacent to an activating group) is 1. The Balaban J connectivity index is 1.96. The zero-order chi connectivity index (χ0) is 15.1. The van der Waals surface area contributed by atoms with Crippen LogP contribution in [0.3, 0.4) is 0 Å². The lowest BCUT2D eigenvalue weighted by atomic mass is 9.74. The van der Waals surface area contributed by atoms with Crippen LogP contribution in [0.25, 0.3) is 0 Å². The number of amides is 1. The van der Waals surface area contributed by atoms with Crippen LogP contribution in [0.1, 0.15) is 51.4 Å². The van der Waals surface area contributed by atoms with Crippen LogP contribution in [0, 0.1) is 5.41 Å². The van der Waals surface area contributed by atoms with E-state index < -0.39 is 0 Å². The number of hydrogen-bond acceptors (Lipinski definition) is 2. The molecule has 1 saturated heterocycles. The normalized spacial score (nSPS) is 22.8. The minimum atomic E-state index is -0.00246. The molecule has 1 saturated carbocycles. The summed E-state index contributed by atoms with van der Waals surface area (Å²) in [5.41, 5.74) is 0.486. The van der Waals surface area contributed by atoms with E-state index in [1.165, 1.54) is 51.4 Å². The Morgan fingerprint density at radius 2 is 1.81 bits per heavy atom. The van der Waals surface area contributed by atoms with Crippen LogP contribution < -0.4 is 10.6 Å². The number of likely N-dealkylation sites (tertiary alicyclic amines) is 1. The molecule has 1 amide bonds. The van der Waals surface area contributed by atoms with Gasteiger partial charge in [0.1, 0.15) is 0 Å². The third kappa shape index (κ3) is 4.35. The first kappa shape index (κ1) is 16.1. The summed E-state index contributed by atoms with van der Waals surface area (Å²) >= 11 is 0. The molecule has 1 aliphatic carbocycles. The van der Waals surface area contributed by atoms with Crippen molar-refractivity contribution in [1.82, 2.24) is 15.5 Å². The maximum atomic E-state index is 11.4. The molecule has 1 heterocycles. The Labute approximate surface area is 128 Å². The van der Waals surface area contributed by atoms with E-state index in [0.29, 0.717) is 12.0 Å². The summed E-state index contributed by atoms with van der Waals surface area (Å²) in [6.45, 7) is 2.45. The van der Waals surface area contributed by atoms with Crippen LogP contribution in [0.5, 0.6) is 0 Å². The minimum absolute atomic E-state index is 0.00246. The number of nitrogens with zero attached hydrogens (tertiary/aromatic N) is 2. The van der Waals surface area contributed by atoms with Crippen LogP contribution in [0.2, 0.25) is 0 Å². The summed E-state index contributed by atoms with van der Waals surface area (Å²) in [6.07, 6.45) is 10.8. The molecule has 0 unspecified atom stereocenters. The lowest BCUT2D eigenvalue weighted by molar-refractivity contribution is -0.119. The van der Waals surface area contributed by atoms with E-state index >= 15 is 0 Å². The van der Waals surface area contributed by atoms with Gasteiger partial charge >= 0.3 is 0 Å². The zero-order valence-corrected chi connectivity index (χ0v) is 13.6. The fourth-order valence-corrected chi connectivity index (χ4v) is 3.86. The summed E-state index contributed by atoms with van der Waals surface area (Å²) < 4.78 is 0. The van der Waals surface area contributed by atoms with E-state index in [-0.39, 0.29) is 5.91 Å². The molecule has 120 valence electrons. The highest BCUT2D eigenvalue weighted by Crippen LogP contribution is 2.42. The molecule has 1 aliphatic heterocycles. The van der Waals surface area contributed by atoms with Crippen LogP contribution in [-0.4, -0.2) is 50.5 Å². The predicted octanol–water partition coefficient (Wildman–Crippen LogP) is 1.74. The SMILES string of the molecule is CN=C(NCC(=O)NC)N1CCCC2(CCCCCC2)C1. The summed E-state index contributed by atoms with van der Waals surface area (Å²) in [5, 5.41) is 5.83. The number of carbonyl (C=O) groups is 1. The van der Waals surface area contributed by atoms with Crippen molar-refractivity contribution in [3.05, 3.63) is 0 Å². The maximum absolute atomic E-state index is 11.4. The first-order valence-electron chi connectivity index (χ1n) is 8.35. The van der Waals surface area contributed by atoms with Gasteiger partial charge in [-0.1, -0.05) is 25.7 Å². The lowest BCUT2D eigenvalue weighted by Crippen LogP contribution is -2.51. The van der Waals surface area contributed by atoms with Gasteiger partial charge in [-0.3, -0.25) is 9.79 Å². The molecule has 0 bridgehead atoms. The van der Waals surface area contributed by atoms with Crippen molar-refractivity contribution in [1.29, 1.82) is 0 Å².